The minimum absolute atomic E-state index is 0.0844. The lowest BCUT2D eigenvalue weighted by atomic mass is 10.0. The van der Waals surface area contributed by atoms with Crippen molar-refractivity contribution >= 4 is 15.9 Å². The molecule has 0 aliphatic carbocycles. The first kappa shape index (κ1) is 11.5. The first-order valence-electron chi connectivity index (χ1n) is 4.35. The van der Waals surface area contributed by atoms with Crippen LogP contribution in [0.3, 0.4) is 0 Å². The first-order chi connectivity index (χ1) is 6.43. The van der Waals surface area contributed by atoms with E-state index in [-0.39, 0.29) is 17.6 Å². The largest absolute Gasteiger partial charge is 0.506 e. The lowest BCUT2D eigenvalue weighted by Gasteiger charge is -2.12. The molecule has 0 saturated heterocycles. The van der Waals surface area contributed by atoms with Crippen LogP contribution in [0.1, 0.15) is 18.1 Å². The van der Waals surface area contributed by atoms with E-state index in [2.05, 4.69) is 15.9 Å². The van der Waals surface area contributed by atoms with Gasteiger partial charge in [0.05, 0.1) is 4.47 Å². The van der Waals surface area contributed by atoms with Crippen LogP contribution in [0.25, 0.3) is 0 Å². The van der Waals surface area contributed by atoms with Crippen LogP contribution in [0.4, 0.5) is 4.39 Å². The summed E-state index contributed by atoms with van der Waals surface area (Å²) in [5, 5.41) is 9.68. The summed E-state index contributed by atoms with van der Waals surface area (Å²) < 4.78 is 13.7. The third-order valence-corrected chi connectivity index (χ3v) is 2.71. The summed E-state index contributed by atoms with van der Waals surface area (Å²) in [5.74, 6) is -0.244. The average Bonchev–Trinajstić information content (AvgIpc) is 2.09. The van der Waals surface area contributed by atoms with Crippen LogP contribution in [0, 0.1) is 12.7 Å². The summed E-state index contributed by atoms with van der Waals surface area (Å²) in [6.45, 7) is 3.46. The maximum atomic E-state index is 13.3. The minimum Gasteiger partial charge on any atom is -0.506 e. The Morgan fingerprint density at radius 2 is 2.21 bits per heavy atom. The van der Waals surface area contributed by atoms with Crippen molar-refractivity contribution in [3.63, 3.8) is 0 Å². The molecule has 0 fully saturated rings. The van der Waals surface area contributed by atoms with Gasteiger partial charge in [-0.1, -0.05) is 0 Å². The van der Waals surface area contributed by atoms with Gasteiger partial charge < -0.3 is 10.8 Å². The Labute approximate surface area is 91.1 Å². The number of phenolic OH excluding ortho intramolecular Hbond substituents is 1. The minimum atomic E-state index is -0.328. The molecule has 1 unspecified atom stereocenters. The molecule has 3 N–H and O–H groups in total. The van der Waals surface area contributed by atoms with Crippen LogP contribution >= 0.6 is 15.9 Å². The van der Waals surface area contributed by atoms with Gasteiger partial charge in [0, 0.05) is 11.6 Å². The number of nitrogens with two attached hydrogens (primary N) is 1. The smallest absolute Gasteiger partial charge is 0.133 e. The number of aromatic hydroxyl groups is 1. The van der Waals surface area contributed by atoms with Gasteiger partial charge in [-0.3, -0.25) is 0 Å². The molecule has 4 heteroatoms. The van der Waals surface area contributed by atoms with Gasteiger partial charge in [-0.05, 0) is 47.8 Å². The van der Waals surface area contributed by atoms with Crippen LogP contribution in [0.2, 0.25) is 0 Å². The molecule has 0 heterocycles. The summed E-state index contributed by atoms with van der Waals surface area (Å²) in [5.41, 5.74) is 6.65. The quantitative estimate of drug-likeness (QED) is 0.860. The highest BCUT2D eigenvalue weighted by molar-refractivity contribution is 9.10. The van der Waals surface area contributed by atoms with Crippen molar-refractivity contribution in [3.8, 4) is 5.75 Å². The molecule has 0 amide bonds. The molecule has 0 aliphatic rings. The van der Waals surface area contributed by atoms with Gasteiger partial charge in [0.1, 0.15) is 11.6 Å². The maximum Gasteiger partial charge on any atom is 0.133 e. The van der Waals surface area contributed by atoms with Crippen molar-refractivity contribution in [3.05, 3.63) is 27.5 Å². The Morgan fingerprint density at radius 1 is 1.64 bits per heavy atom. The van der Waals surface area contributed by atoms with Crippen molar-refractivity contribution in [1.82, 2.24) is 0 Å². The van der Waals surface area contributed by atoms with E-state index in [1.54, 1.807) is 6.92 Å². The molecule has 1 aromatic carbocycles. The molecule has 0 aromatic heterocycles. The molecule has 0 bridgehead atoms. The van der Waals surface area contributed by atoms with E-state index in [0.717, 1.165) is 0 Å². The monoisotopic (exact) mass is 261 g/mol. The topological polar surface area (TPSA) is 46.2 Å². The van der Waals surface area contributed by atoms with Gasteiger partial charge in [0.2, 0.25) is 0 Å². The van der Waals surface area contributed by atoms with Crippen LogP contribution in [-0.4, -0.2) is 11.1 Å². The predicted octanol–water partition coefficient (Wildman–Crippen LogP) is 2.49. The summed E-state index contributed by atoms with van der Waals surface area (Å²) in [6, 6.07) is 1.16. The highest BCUT2D eigenvalue weighted by Gasteiger charge is 2.14. The molecule has 0 spiro atoms. The lowest BCUT2D eigenvalue weighted by molar-refractivity contribution is 0.457. The number of hydrogen-bond acceptors (Lipinski definition) is 2. The normalized spacial score (nSPS) is 12.9. The third kappa shape index (κ3) is 2.25. The van der Waals surface area contributed by atoms with Gasteiger partial charge in [-0.2, -0.15) is 0 Å². The number of hydrogen-bond donors (Lipinski definition) is 2. The molecule has 0 saturated carbocycles. The van der Waals surface area contributed by atoms with E-state index < -0.39 is 0 Å². The summed E-state index contributed by atoms with van der Waals surface area (Å²) in [4.78, 5) is 0. The van der Waals surface area contributed by atoms with Crippen LogP contribution < -0.4 is 5.73 Å². The Balaban J connectivity index is 3.25. The molecule has 1 rings (SSSR count). The fourth-order valence-electron chi connectivity index (χ4n) is 1.33. The van der Waals surface area contributed by atoms with Crippen molar-refractivity contribution in [2.45, 2.75) is 26.3 Å². The maximum absolute atomic E-state index is 13.3. The highest BCUT2D eigenvalue weighted by atomic mass is 79.9. The molecular formula is C10H13BrFNO. The summed E-state index contributed by atoms with van der Waals surface area (Å²) in [6.07, 6.45) is 0.466. The summed E-state index contributed by atoms with van der Waals surface area (Å²) >= 11 is 3.09. The van der Waals surface area contributed by atoms with E-state index in [9.17, 15) is 9.50 Å². The molecule has 0 aliphatic heterocycles. The van der Waals surface area contributed by atoms with E-state index >= 15 is 0 Å². The van der Waals surface area contributed by atoms with E-state index in [0.29, 0.717) is 22.0 Å². The number of halogens is 2. The molecule has 14 heavy (non-hydrogen) atoms. The SMILES string of the molecule is Cc1c(F)cc(Br)c(O)c1CC(C)N. The van der Waals surface area contributed by atoms with Gasteiger partial charge in [-0.15, -0.1) is 0 Å². The van der Waals surface area contributed by atoms with Gasteiger partial charge >= 0.3 is 0 Å². The molecule has 78 valence electrons. The predicted molar refractivity (Wildman–Crippen MR) is 57.9 cm³/mol. The highest BCUT2D eigenvalue weighted by Crippen LogP contribution is 2.32. The average molecular weight is 262 g/mol. The molecule has 0 radical (unpaired) electrons. The third-order valence-electron chi connectivity index (χ3n) is 2.10. The second-order valence-electron chi connectivity index (χ2n) is 3.47. The van der Waals surface area contributed by atoms with E-state index in [1.165, 1.54) is 6.07 Å². The first-order valence-corrected chi connectivity index (χ1v) is 5.14. The van der Waals surface area contributed by atoms with Gasteiger partial charge in [0.15, 0.2) is 0 Å². The zero-order chi connectivity index (χ0) is 10.9. The van der Waals surface area contributed by atoms with Crippen molar-refractivity contribution in [2.24, 2.45) is 5.73 Å². The second kappa shape index (κ2) is 4.28. The van der Waals surface area contributed by atoms with Crippen LogP contribution in [-0.2, 0) is 6.42 Å². The summed E-state index contributed by atoms with van der Waals surface area (Å²) in [7, 11) is 0. The fraction of sp³-hybridized carbons (Fsp3) is 0.400. The van der Waals surface area contributed by atoms with Crippen LogP contribution in [0.15, 0.2) is 10.5 Å². The molecule has 2 nitrogen and oxygen atoms in total. The van der Waals surface area contributed by atoms with E-state index in [1.807, 2.05) is 6.92 Å². The molecular weight excluding hydrogens is 249 g/mol. The number of phenols is 1. The Morgan fingerprint density at radius 3 is 2.71 bits per heavy atom. The second-order valence-corrected chi connectivity index (χ2v) is 4.33. The van der Waals surface area contributed by atoms with Crippen molar-refractivity contribution in [2.75, 3.05) is 0 Å². The van der Waals surface area contributed by atoms with E-state index in [4.69, 9.17) is 5.73 Å². The molecule has 1 atom stereocenters. The lowest BCUT2D eigenvalue weighted by Crippen LogP contribution is -2.18. The standard InChI is InChI=1S/C10H13BrFNO/c1-5(13)3-7-6(2)9(12)4-8(11)10(7)14/h4-5,14H,3,13H2,1-2H3. The molecule has 1 aromatic rings. The Bertz CT molecular complexity index is 326. The van der Waals surface area contributed by atoms with Gasteiger partial charge in [0.25, 0.3) is 0 Å². The Kier molecular flexibility index (Phi) is 3.50. The van der Waals surface area contributed by atoms with Gasteiger partial charge in [-0.25, -0.2) is 4.39 Å². The zero-order valence-corrected chi connectivity index (χ0v) is 9.73. The van der Waals surface area contributed by atoms with Crippen molar-refractivity contribution in [1.29, 1.82) is 0 Å². The van der Waals surface area contributed by atoms with Crippen molar-refractivity contribution < 1.29 is 9.50 Å². The number of rotatable bonds is 2. The zero-order valence-electron chi connectivity index (χ0n) is 8.14. The Hall–Kier alpha value is -0.610. The van der Waals surface area contributed by atoms with Crippen LogP contribution in [0.5, 0.6) is 5.75 Å². The number of benzene rings is 1. The fourth-order valence-corrected chi connectivity index (χ4v) is 1.77.